The van der Waals surface area contributed by atoms with E-state index in [0.717, 1.165) is 19.3 Å². The molecule has 1 amide bonds. The fraction of sp³-hybridized carbons (Fsp3) is 0.815. The number of likely N-dealkylation sites (N-methyl/N-ethyl adjacent to an activating group) is 1. The highest BCUT2D eigenvalue weighted by atomic mass is 31.2. The van der Waals surface area contributed by atoms with E-state index in [4.69, 9.17) is 9.05 Å². The van der Waals surface area contributed by atoms with Crippen molar-refractivity contribution in [3.63, 3.8) is 0 Å². The Labute approximate surface area is 220 Å². The average molecular weight is 534 g/mol. The lowest BCUT2D eigenvalue weighted by Gasteiger charge is -2.25. The fourth-order valence-electron chi connectivity index (χ4n) is 3.50. The molecule has 212 valence electrons. The van der Waals surface area contributed by atoms with E-state index in [1.165, 1.54) is 64.7 Å². The largest absolute Gasteiger partial charge is 0.472 e. The Balaban J connectivity index is 4.17. The van der Waals surface area contributed by atoms with Crippen molar-refractivity contribution in [1.29, 1.82) is 0 Å². The first-order valence-corrected chi connectivity index (χ1v) is 15.2. The van der Waals surface area contributed by atoms with Crippen molar-refractivity contribution in [2.45, 2.75) is 103 Å². The van der Waals surface area contributed by atoms with E-state index in [0.29, 0.717) is 11.0 Å². The Morgan fingerprint density at radius 1 is 0.917 bits per heavy atom. The van der Waals surface area contributed by atoms with Crippen LogP contribution in [-0.2, 0) is 18.4 Å². The molecule has 36 heavy (non-hydrogen) atoms. The third kappa shape index (κ3) is 23.4. The highest BCUT2D eigenvalue weighted by molar-refractivity contribution is 7.47. The first kappa shape index (κ1) is 35.0. The summed E-state index contributed by atoms with van der Waals surface area (Å²) in [6.07, 6.45) is 21.5. The number of phosphoric acid groups is 1. The molecule has 8 nitrogen and oxygen atoms in total. The van der Waals surface area contributed by atoms with Crippen LogP contribution in [0.2, 0.25) is 0 Å². The molecular formula is C27H54N2O6P+. The fourth-order valence-corrected chi connectivity index (χ4v) is 4.24. The molecule has 0 saturated carbocycles. The number of unbranched alkanes of at least 4 members (excludes halogenated alkanes) is 10. The minimum absolute atomic E-state index is 0.0528. The molecule has 0 aliphatic rings. The number of hydrogen-bond donors (Lipinski definition) is 3. The molecule has 3 unspecified atom stereocenters. The Bertz CT molecular complexity index is 663. The van der Waals surface area contributed by atoms with Crippen molar-refractivity contribution in [1.82, 2.24) is 5.32 Å². The van der Waals surface area contributed by atoms with Crippen LogP contribution in [0, 0.1) is 0 Å². The van der Waals surface area contributed by atoms with Crippen molar-refractivity contribution in [3.05, 3.63) is 24.3 Å². The first-order valence-electron chi connectivity index (χ1n) is 13.7. The van der Waals surface area contributed by atoms with Crippen LogP contribution < -0.4 is 5.32 Å². The lowest BCUT2D eigenvalue weighted by molar-refractivity contribution is -0.870. The predicted molar refractivity (Wildman–Crippen MR) is 148 cm³/mol. The van der Waals surface area contributed by atoms with Crippen LogP contribution >= 0.6 is 7.82 Å². The van der Waals surface area contributed by atoms with Crippen LogP contribution in [-0.4, -0.2) is 73.4 Å². The Kier molecular flexibility index (Phi) is 20.4. The number of nitrogens with zero attached hydrogens (tertiary/aromatic N) is 1. The summed E-state index contributed by atoms with van der Waals surface area (Å²) in [4.78, 5) is 21.4. The number of amides is 1. The number of aliphatic hydroxyl groups excluding tert-OH is 1. The number of allylic oxidation sites excluding steroid dienone is 3. The zero-order valence-corrected chi connectivity index (χ0v) is 24.4. The summed E-state index contributed by atoms with van der Waals surface area (Å²) >= 11 is 0. The van der Waals surface area contributed by atoms with Crippen molar-refractivity contribution < 1.29 is 32.9 Å². The summed E-state index contributed by atoms with van der Waals surface area (Å²) in [6, 6.07) is -0.858. The number of nitrogens with one attached hydrogen (secondary N) is 1. The van der Waals surface area contributed by atoms with Crippen LogP contribution in [0.1, 0.15) is 90.9 Å². The molecule has 9 heteroatoms. The second-order valence-electron chi connectivity index (χ2n) is 10.5. The van der Waals surface area contributed by atoms with Crippen molar-refractivity contribution in [3.8, 4) is 0 Å². The van der Waals surface area contributed by atoms with Crippen LogP contribution in [0.4, 0.5) is 0 Å². The Hall–Kier alpha value is -1.02. The maximum Gasteiger partial charge on any atom is 0.472 e. The van der Waals surface area contributed by atoms with Crippen LogP contribution in [0.5, 0.6) is 0 Å². The van der Waals surface area contributed by atoms with Gasteiger partial charge >= 0.3 is 7.82 Å². The van der Waals surface area contributed by atoms with Gasteiger partial charge in [-0.05, 0) is 25.7 Å². The molecule has 3 N–H and O–H groups in total. The van der Waals surface area contributed by atoms with Gasteiger partial charge < -0.3 is 19.8 Å². The molecule has 0 aliphatic carbocycles. The molecule has 0 aliphatic heterocycles. The number of hydrogen-bond acceptors (Lipinski definition) is 5. The summed E-state index contributed by atoms with van der Waals surface area (Å²) in [5, 5.41) is 13.0. The van der Waals surface area contributed by atoms with E-state index < -0.39 is 20.0 Å². The maximum absolute atomic E-state index is 12.1. The first-order chi connectivity index (χ1) is 17.0. The normalized spacial score (nSPS) is 15.9. The van der Waals surface area contributed by atoms with Gasteiger partial charge in [-0.2, -0.15) is 0 Å². The maximum atomic E-state index is 12.1. The van der Waals surface area contributed by atoms with Gasteiger partial charge in [-0.15, -0.1) is 0 Å². The second kappa shape index (κ2) is 21.0. The third-order valence-electron chi connectivity index (χ3n) is 5.71. The van der Waals surface area contributed by atoms with Crippen molar-refractivity contribution >= 4 is 13.7 Å². The van der Waals surface area contributed by atoms with Crippen LogP contribution in [0.15, 0.2) is 24.3 Å². The van der Waals surface area contributed by atoms with Gasteiger partial charge in [-0.1, -0.05) is 82.6 Å². The minimum Gasteiger partial charge on any atom is -0.387 e. The van der Waals surface area contributed by atoms with Crippen molar-refractivity contribution in [2.75, 3.05) is 40.9 Å². The highest BCUT2D eigenvalue weighted by Gasteiger charge is 2.27. The molecule has 0 aromatic rings. The van der Waals surface area contributed by atoms with Crippen LogP contribution in [0.25, 0.3) is 0 Å². The summed E-state index contributed by atoms with van der Waals surface area (Å²) in [5.41, 5.74) is 0. The number of carbonyl (C=O) groups excluding carboxylic acids is 1. The van der Waals surface area contributed by atoms with E-state index in [9.17, 15) is 19.4 Å². The van der Waals surface area contributed by atoms with E-state index in [1.807, 2.05) is 27.2 Å². The molecule has 0 spiro atoms. The molecule has 3 atom stereocenters. The van der Waals surface area contributed by atoms with Gasteiger partial charge in [-0.25, -0.2) is 4.57 Å². The lowest BCUT2D eigenvalue weighted by Crippen LogP contribution is -2.44. The predicted octanol–water partition coefficient (Wildman–Crippen LogP) is 5.51. The number of carbonyl (C=O) groups is 1. The zero-order chi connectivity index (χ0) is 27.3. The van der Waals surface area contributed by atoms with Gasteiger partial charge in [0.2, 0.25) is 5.91 Å². The summed E-state index contributed by atoms with van der Waals surface area (Å²) in [5.74, 6) is -0.366. The van der Waals surface area contributed by atoms with Gasteiger partial charge in [0.15, 0.2) is 0 Å². The number of rotatable bonds is 23. The molecule has 0 bridgehead atoms. The Morgan fingerprint density at radius 2 is 1.47 bits per heavy atom. The highest BCUT2D eigenvalue weighted by Crippen LogP contribution is 2.43. The average Bonchev–Trinajstić information content (AvgIpc) is 2.77. The summed E-state index contributed by atoms with van der Waals surface area (Å²) < 4.78 is 22.7. The van der Waals surface area contributed by atoms with Crippen molar-refractivity contribution in [2.24, 2.45) is 0 Å². The van der Waals surface area contributed by atoms with Gasteiger partial charge in [0.25, 0.3) is 0 Å². The SMILES string of the molecule is CCCCCCCCCCC/C=C/CC/C=C/C(O)C(COP(=O)(O)OCC[N+](C)(C)C)NC(C)=O. The quantitative estimate of drug-likeness (QED) is 0.0693. The molecule has 0 fully saturated rings. The minimum atomic E-state index is -4.28. The summed E-state index contributed by atoms with van der Waals surface area (Å²) in [7, 11) is 1.54. The number of quaternary nitrogens is 1. The molecule has 0 radical (unpaired) electrons. The van der Waals surface area contributed by atoms with Gasteiger partial charge in [-0.3, -0.25) is 13.8 Å². The second-order valence-corrected chi connectivity index (χ2v) is 12.0. The van der Waals surface area contributed by atoms with E-state index >= 15 is 0 Å². The topological polar surface area (TPSA) is 105 Å². The summed E-state index contributed by atoms with van der Waals surface area (Å²) in [6.45, 7) is 3.80. The molecule has 0 heterocycles. The zero-order valence-electron chi connectivity index (χ0n) is 23.5. The van der Waals surface area contributed by atoms with Gasteiger partial charge in [0.05, 0.1) is 39.9 Å². The third-order valence-corrected chi connectivity index (χ3v) is 6.69. The van der Waals surface area contributed by atoms with Crippen LogP contribution in [0.3, 0.4) is 0 Å². The van der Waals surface area contributed by atoms with E-state index in [-0.39, 0.29) is 19.1 Å². The molecular weight excluding hydrogens is 479 g/mol. The monoisotopic (exact) mass is 533 g/mol. The molecule has 0 aromatic heterocycles. The number of aliphatic hydroxyl groups is 1. The number of phosphoric ester groups is 1. The van der Waals surface area contributed by atoms with E-state index in [1.54, 1.807) is 6.08 Å². The smallest absolute Gasteiger partial charge is 0.387 e. The standard InChI is InChI=1S/C27H53N2O6P/c1-6-7-8-9-10-11-12-13-14-15-16-17-18-19-20-21-27(31)26(28-25(2)30)24-35-36(32,33)34-23-22-29(3,4)5/h16-17,20-21,26-27,31H,6-15,18-19,22-24H2,1-5H3,(H-,28,30,32,33)/p+1/b17-16+,21-20+. The Morgan fingerprint density at radius 3 is 2.06 bits per heavy atom. The molecule has 0 rings (SSSR count). The molecule has 0 aromatic carbocycles. The van der Waals surface area contributed by atoms with Gasteiger partial charge in [0.1, 0.15) is 13.2 Å². The van der Waals surface area contributed by atoms with E-state index in [2.05, 4.69) is 24.4 Å². The van der Waals surface area contributed by atoms with Gasteiger partial charge in [0, 0.05) is 6.92 Å². The lowest BCUT2D eigenvalue weighted by atomic mass is 10.1. The molecule has 0 saturated heterocycles.